The van der Waals surface area contributed by atoms with Crippen LogP contribution in [0.15, 0.2) is 97.2 Å². The number of benzene rings is 4. The van der Waals surface area contributed by atoms with Crippen molar-refractivity contribution in [3.8, 4) is 16.9 Å². The van der Waals surface area contributed by atoms with Gasteiger partial charge in [-0.3, -0.25) is 4.79 Å². The van der Waals surface area contributed by atoms with Gasteiger partial charge in [0.2, 0.25) is 5.95 Å². The SMILES string of the molecule is Cc1ccc(C(=O)N2CCN(c3nc(-c4ccccc4)c4ccccc4n3)CC2)c(-n2cc(C(O)c3ccc(Cl)cc3F)nn2)c1. The molecule has 1 aliphatic rings. The molecular formula is C35H29ClFN7O2. The summed E-state index contributed by atoms with van der Waals surface area (Å²) in [5.41, 5.74) is 4.80. The van der Waals surface area contributed by atoms with Crippen LogP contribution in [-0.4, -0.2) is 67.1 Å². The average Bonchev–Trinajstić information content (AvgIpc) is 3.58. The molecule has 230 valence electrons. The third kappa shape index (κ3) is 5.68. The lowest BCUT2D eigenvalue weighted by atomic mass is 10.1. The summed E-state index contributed by atoms with van der Waals surface area (Å²) in [5, 5.41) is 20.3. The molecule has 0 bridgehead atoms. The standard InChI is InChI=1S/C35H29ClFN7O2/c1-22-11-13-27(31(19-22)44-21-30(40-41-44)33(45)25-14-12-24(36)20-28(25)37)34(46)42-15-17-43(18-16-42)35-38-29-10-6-5-9-26(29)32(39-35)23-7-3-2-4-8-23/h2-14,19-21,33,45H,15-18H2,1H3. The van der Waals surface area contributed by atoms with Crippen LogP contribution in [0.25, 0.3) is 27.8 Å². The number of rotatable bonds is 6. The maximum Gasteiger partial charge on any atom is 0.256 e. The zero-order valence-electron chi connectivity index (χ0n) is 24.9. The molecule has 1 fully saturated rings. The molecule has 46 heavy (non-hydrogen) atoms. The summed E-state index contributed by atoms with van der Waals surface area (Å²) in [6.07, 6.45) is 0.145. The first kappa shape index (κ1) is 29.5. The van der Waals surface area contributed by atoms with Crippen molar-refractivity contribution in [2.24, 2.45) is 0 Å². The van der Waals surface area contributed by atoms with Gasteiger partial charge in [0, 0.05) is 47.7 Å². The monoisotopic (exact) mass is 633 g/mol. The number of aryl methyl sites for hydroxylation is 1. The Labute approximate surface area is 269 Å². The van der Waals surface area contributed by atoms with Crippen LogP contribution in [0.1, 0.15) is 33.3 Å². The van der Waals surface area contributed by atoms with Gasteiger partial charge < -0.3 is 14.9 Å². The van der Waals surface area contributed by atoms with Gasteiger partial charge in [-0.2, -0.15) is 0 Å². The van der Waals surface area contributed by atoms with Gasteiger partial charge in [-0.15, -0.1) is 5.10 Å². The van der Waals surface area contributed by atoms with E-state index in [-0.39, 0.29) is 22.2 Å². The van der Waals surface area contributed by atoms with Gasteiger partial charge in [-0.05, 0) is 42.8 Å². The predicted octanol–water partition coefficient (Wildman–Crippen LogP) is 6.02. The number of aliphatic hydroxyl groups is 1. The first-order chi connectivity index (χ1) is 22.4. The molecule has 0 spiro atoms. The minimum absolute atomic E-state index is 0.0288. The highest BCUT2D eigenvalue weighted by Gasteiger charge is 2.27. The molecule has 7 rings (SSSR count). The topological polar surface area (TPSA) is 100 Å². The lowest BCUT2D eigenvalue weighted by molar-refractivity contribution is 0.0746. The molecule has 1 amide bonds. The second-order valence-corrected chi connectivity index (χ2v) is 11.6. The van der Waals surface area contributed by atoms with Gasteiger partial charge in [0.05, 0.1) is 28.7 Å². The molecule has 1 saturated heterocycles. The first-order valence-electron chi connectivity index (χ1n) is 14.9. The number of para-hydroxylation sites is 1. The average molecular weight is 634 g/mol. The fourth-order valence-electron chi connectivity index (χ4n) is 5.72. The molecule has 4 aromatic carbocycles. The zero-order valence-corrected chi connectivity index (χ0v) is 25.6. The second-order valence-electron chi connectivity index (χ2n) is 11.2. The summed E-state index contributed by atoms with van der Waals surface area (Å²) in [5.74, 6) is -0.169. The molecule has 1 aliphatic heterocycles. The van der Waals surface area contributed by atoms with E-state index in [1.807, 2.05) is 73.7 Å². The summed E-state index contributed by atoms with van der Waals surface area (Å²) >= 11 is 5.87. The Morgan fingerprint density at radius 3 is 2.46 bits per heavy atom. The number of hydrogen-bond acceptors (Lipinski definition) is 7. The quantitative estimate of drug-likeness (QED) is 0.239. The van der Waals surface area contributed by atoms with Crippen molar-refractivity contribution in [1.82, 2.24) is 29.9 Å². The van der Waals surface area contributed by atoms with E-state index in [9.17, 15) is 14.3 Å². The smallest absolute Gasteiger partial charge is 0.256 e. The third-order valence-corrected chi connectivity index (χ3v) is 8.40. The summed E-state index contributed by atoms with van der Waals surface area (Å²) in [6, 6.07) is 27.6. The third-order valence-electron chi connectivity index (χ3n) is 8.17. The van der Waals surface area contributed by atoms with E-state index in [4.69, 9.17) is 21.6 Å². The van der Waals surface area contributed by atoms with Crippen molar-refractivity contribution < 1.29 is 14.3 Å². The number of nitrogens with zero attached hydrogens (tertiary/aromatic N) is 7. The number of amides is 1. The molecular weight excluding hydrogens is 605 g/mol. The largest absolute Gasteiger partial charge is 0.382 e. The van der Waals surface area contributed by atoms with Crippen molar-refractivity contribution in [3.05, 3.63) is 130 Å². The Balaban J connectivity index is 1.12. The van der Waals surface area contributed by atoms with Crippen LogP contribution in [0, 0.1) is 12.7 Å². The Hall–Kier alpha value is -5.19. The van der Waals surface area contributed by atoms with E-state index in [0.717, 1.165) is 33.8 Å². The van der Waals surface area contributed by atoms with Gasteiger partial charge in [0.25, 0.3) is 5.91 Å². The van der Waals surface area contributed by atoms with E-state index in [2.05, 4.69) is 15.2 Å². The van der Waals surface area contributed by atoms with Crippen LogP contribution in [0.2, 0.25) is 5.02 Å². The molecule has 0 aliphatic carbocycles. The zero-order chi connectivity index (χ0) is 31.8. The Bertz CT molecular complexity index is 2060. The van der Waals surface area contributed by atoms with Crippen molar-refractivity contribution in [1.29, 1.82) is 0 Å². The molecule has 9 nitrogen and oxygen atoms in total. The van der Waals surface area contributed by atoms with Crippen LogP contribution in [-0.2, 0) is 0 Å². The minimum Gasteiger partial charge on any atom is -0.382 e. The highest BCUT2D eigenvalue weighted by molar-refractivity contribution is 6.30. The summed E-state index contributed by atoms with van der Waals surface area (Å²) in [6.45, 7) is 3.98. The van der Waals surface area contributed by atoms with Crippen LogP contribution < -0.4 is 4.90 Å². The summed E-state index contributed by atoms with van der Waals surface area (Å²) < 4.78 is 15.9. The normalized spacial score (nSPS) is 14.1. The van der Waals surface area contributed by atoms with E-state index >= 15 is 0 Å². The fourth-order valence-corrected chi connectivity index (χ4v) is 5.87. The van der Waals surface area contributed by atoms with Gasteiger partial charge in [-0.1, -0.05) is 77.5 Å². The van der Waals surface area contributed by atoms with Gasteiger partial charge in [0.1, 0.15) is 17.6 Å². The number of carbonyl (C=O) groups excluding carboxylic acids is 1. The molecule has 1 atom stereocenters. The van der Waals surface area contributed by atoms with E-state index < -0.39 is 11.9 Å². The molecule has 1 N–H and O–H groups in total. The van der Waals surface area contributed by atoms with E-state index in [1.165, 1.54) is 23.0 Å². The van der Waals surface area contributed by atoms with E-state index in [1.54, 1.807) is 11.0 Å². The molecule has 1 unspecified atom stereocenters. The number of hydrogen-bond donors (Lipinski definition) is 1. The van der Waals surface area contributed by atoms with Crippen LogP contribution in [0.4, 0.5) is 10.3 Å². The summed E-state index contributed by atoms with van der Waals surface area (Å²) in [7, 11) is 0. The highest BCUT2D eigenvalue weighted by atomic mass is 35.5. The highest BCUT2D eigenvalue weighted by Crippen LogP contribution is 2.30. The lowest BCUT2D eigenvalue weighted by Crippen LogP contribution is -2.49. The molecule has 6 aromatic rings. The van der Waals surface area contributed by atoms with Crippen molar-refractivity contribution in [2.45, 2.75) is 13.0 Å². The van der Waals surface area contributed by atoms with Crippen molar-refractivity contribution in [3.63, 3.8) is 0 Å². The number of halogens is 2. The number of aliphatic hydroxyl groups excluding tert-OH is 1. The summed E-state index contributed by atoms with van der Waals surface area (Å²) in [4.78, 5) is 27.7. The molecule has 3 heterocycles. The molecule has 0 saturated carbocycles. The van der Waals surface area contributed by atoms with Gasteiger partial charge in [-0.25, -0.2) is 19.0 Å². The first-order valence-corrected chi connectivity index (χ1v) is 15.3. The van der Waals surface area contributed by atoms with Crippen LogP contribution >= 0.6 is 11.6 Å². The van der Waals surface area contributed by atoms with Crippen molar-refractivity contribution in [2.75, 3.05) is 31.1 Å². The molecule has 0 radical (unpaired) electrons. The predicted molar refractivity (Wildman–Crippen MR) is 175 cm³/mol. The minimum atomic E-state index is -1.36. The second kappa shape index (κ2) is 12.3. The lowest BCUT2D eigenvalue weighted by Gasteiger charge is -2.35. The van der Waals surface area contributed by atoms with Gasteiger partial charge >= 0.3 is 0 Å². The number of anilines is 1. The Kier molecular flexibility index (Phi) is 7.90. The number of carbonyl (C=O) groups is 1. The van der Waals surface area contributed by atoms with Gasteiger partial charge in [0.15, 0.2) is 0 Å². The van der Waals surface area contributed by atoms with E-state index in [0.29, 0.717) is 43.4 Å². The van der Waals surface area contributed by atoms with Crippen LogP contribution in [0.3, 0.4) is 0 Å². The fraction of sp³-hybridized carbons (Fsp3) is 0.171. The Morgan fingerprint density at radius 1 is 0.913 bits per heavy atom. The number of piperazine rings is 1. The maximum absolute atomic E-state index is 14.5. The van der Waals surface area contributed by atoms with Crippen LogP contribution in [0.5, 0.6) is 0 Å². The van der Waals surface area contributed by atoms with Crippen molar-refractivity contribution >= 4 is 34.4 Å². The molecule has 2 aromatic heterocycles. The molecule has 11 heteroatoms. The number of aromatic nitrogens is 5. The number of fused-ring (bicyclic) bond motifs is 1. The maximum atomic E-state index is 14.5. The Morgan fingerprint density at radius 2 is 1.67 bits per heavy atom.